The predicted octanol–water partition coefficient (Wildman–Crippen LogP) is 2.38. The maximum atomic E-state index is 4.49. The lowest BCUT2D eigenvalue weighted by atomic mass is 9.99. The number of benzene rings is 1. The monoisotopic (exact) mass is 228 g/mol. The van der Waals surface area contributed by atoms with Crippen molar-refractivity contribution in [3.05, 3.63) is 41.7 Å². The third-order valence-electron chi connectivity index (χ3n) is 3.17. The molecule has 0 amide bonds. The summed E-state index contributed by atoms with van der Waals surface area (Å²) >= 11 is 0. The van der Waals surface area contributed by atoms with Crippen LogP contribution in [0, 0.1) is 6.92 Å². The fourth-order valence-corrected chi connectivity index (χ4v) is 2.41. The lowest BCUT2D eigenvalue weighted by Gasteiger charge is -2.29. The van der Waals surface area contributed by atoms with Crippen LogP contribution in [-0.2, 0) is 0 Å². The molecule has 1 aromatic heterocycles. The Morgan fingerprint density at radius 1 is 1.29 bits per heavy atom. The van der Waals surface area contributed by atoms with Crippen LogP contribution in [0.25, 0.3) is 0 Å². The van der Waals surface area contributed by atoms with Crippen LogP contribution < -0.4 is 5.32 Å². The lowest BCUT2D eigenvalue weighted by molar-refractivity contribution is 0.436. The van der Waals surface area contributed by atoms with Crippen LogP contribution in [0.2, 0.25) is 0 Å². The van der Waals surface area contributed by atoms with Gasteiger partial charge in [-0.05, 0) is 25.8 Å². The molecular weight excluding hydrogens is 212 g/mol. The number of nitrogens with one attached hydrogen (secondary N) is 1. The average Bonchev–Trinajstić information content (AvgIpc) is 2.69. The minimum Gasteiger partial charge on any atom is -0.352 e. The molecule has 3 rings (SSSR count). The quantitative estimate of drug-likeness (QED) is 0.815. The van der Waals surface area contributed by atoms with Crippen molar-refractivity contribution in [3.8, 4) is 0 Å². The SMILES string of the molecule is Cc1nc2n(n1)C(c1ccccc1)CC(C)N2. The fourth-order valence-electron chi connectivity index (χ4n) is 2.41. The number of aromatic nitrogens is 3. The van der Waals surface area contributed by atoms with Gasteiger partial charge >= 0.3 is 0 Å². The van der Waals surface area contributed by atoms with Crippen LogP contribution in [0.5, 0.6) is 0 Å². The molecule has 0 spiro atoms. The summed E-state index contributed by atoms with van der Waals surface area (Å²) in [6.07, 6.45) is 1.04. The average molecular weight is 228 g/mol. The summed E-state index contributed by atoms with van der Waals surface area (Å²) in [6.45, 7) is 4.11. The van der Waals surface area contributed by atoms with E-state index in [1.165, 1.54) is 5.56 Å². The normalized spacial score (nSPS) is 22.9. The van der Waals surface area contributed by atoms with E-state index in [1.54, 1.807) is 0 Å². The van der Waals surface area contributed by atoms with E-state index in [9.17, 15) is 0 Å². The molecule has 1 N–H and O–H groups in total. The molecule has 17 heavy (non-hydrogen) atoms. The van der Waals surface area contributed by atoms with Crippen LogP contribution in [-0.4, -0.2) is 20.8 Å². The van der Waals surface area contributed by atoms with Gasteiger partial charge in [0.2, 0.25) is 5.95 Å². The largest absolute Gasteiger partial charge is 0.352 e. The summed E-state index contributed by atoms with van der Waals surface area (Å²) in [5.74, 6) is 1.71. The standard InChI is InChI=1S/C13H16N4/c1-9-8-12(11-6-4-3-5-7-11)17-13(14-9)15-10(2)16-17/h3-7,9,12H,8H2,1-2H3,(H,14,15,16). The van der Waals surface area contributed by atoms with E-state index < -0.39 is 0 Å². The molecule has 1 aliphatic rings. The van der Waals surface area contributed by atoms with Gasteiger partial charge in [-0.3, -0.25) is 0 Å². The first-order valence-electron chi connectivity index (χ1n) is 5.98. The molecule has 0 aliphatic carbocycles. The van der Waals surface area contributed by atoms with Crippen LogP contribution in [0.1, 0.15) is 30.8 Å². The van der Waals surface area contributed by atoms with E-state index >= 15 is 0 Å². The number of fused-ring (bicyclic) bond motifs is 1. The molecule has 1 aliphatic heterocycles. The Morgan fingerprint density at radius 2 is 2.06 bits per heavy atom. The van der Waals surface area contributed by atoms with E-state index in [-0.39, 0.29) is 0 Å². The molecular formula is C13H16N4. The topological polar surface area (TPSA) is 42.7 Å². The molecule has 0 bridgehead atoms. The highest BCUT2D eigenvalue weighted by Crippen LogP contribution is 2.30. The molecule has 2 aromatic rings. The molecule has 0 fully saturated rings. The maximum absolute atomic E-state index is 4.49. The minimum atomic E-state index is 0.295. The zero-order valence-electron chi connectivity index (χ0n) is 10.1. The zero-order chi connectivity index (χ0) is 11.8. The van der Waals surface area contributed by atoms with Gasteiger partial charge in [0, 0.05) is 6.04 Å². The summed E-state index contributed by atoms with van der Waals surface area (Å²) < 4.78 is 2.00. The van der Waals surface area contributed by atoms with Crippen LogP contribution in [0.4, 0.5) is 5.95 Å². The van der Waals surface area contributed by atoms with Gasteiger partial charge in [0.15, 0.2) is 0 Å². The number of nitrogens with zero attached hydrogens (tertiary/aromatic N) is 3. The minimum absolute atomic E-state index is 0.295. The molecule has 4 nitrogen and oxygen atoms in total. The zero-order valence-corrected chi connectivity index (χ0v) is 10.1. The van der Waals surface area contributed by atoms with E-state index in [1.807, 2.05) is 17.7 Å². The van der Waals surface area contributed by atoms with Crippen molar-refractivity contribution in [3.63, 3.8) is 0 Å². The first kappa shape index (κ1) is 10.3. The Morgan fingerprint density at radius 3 is 2.82 bits per heavy atom. The summed E-state index contributed by atoms with van der Waals surface area (Å²) in [5.41, 5.74) is 1.30. The van der Waals surface area contributed by atoms with Gasteiger partial charge in [-0.15, -0.1) is 0 Å². The molecule has 2 atom stereocenters. The summed E-state index contributed by atoms with van der Waals surface area (Å²) in [7, 11) is 0. The van der Waals surface area contributed by atoms with Gasteiger partial charge < -0.3 is 5.32 Å². The van der Waals surface area contributed by atoms with Crippen molar-refractivity contribution in [1.82, 2.24) is 14.8 Å². The van der Waals surface area contributed by atoms with E-state index in [0.29, 0.717) is 12.1 Å². The van der Waals surface area contributed by atoms with Gasteiger partial charge in [-0.1, -0.05) is 30.3 Å². The molecule has 2 heterocycles. The molecule has 2 unspecified atom stereocenters. The second kappa shape index (κ2) is 3.87. The third-order valence-corrected chi connectivity index (χ3v) is 3.17. The highest BCUT2D eigenvalue weighted by molar-refractivity contribution is 5.34. The molecule has 0 saturated heterocycles. The van der Waals surface area contributed by atoms with Crippen molar-refractivity contribution in [2.75, 3.05) is 5.32 Å². The van der Waals surface area contributed by atoms with E-state index in [4.69, 9.17) is 0 Å². The van der Waals surface area contributed by atoms with Crippen LogP contribution in [0.3, 0.4) is 0 Å². The Kier molecular flexibility index (Phi) is 2.35. The predicted molar refractivity (Wildman–Crippen MR) is 67.0 cm³/mol. The van der Waals surface area contributed by atoms with E-state index in [0.717, 1.165) is 18.2 Å². The highest BCUT2D eigenvalue weighted by atomic mass is 15.4. The highest BCUT2D eigenvalue weighted by Gasteiger charge is 2.27. The number of rotatable bonds is 1. The third kappa shape index (κ3) is 1.79. The Balaban J connectivity index is 2.06. The van der Waals surface area contributed by atoms with Gasteiger partial charge in [0.1, 0.15) is 5.82 Å². The lowest BCUT2D eigenvalue weighted by Crippen LogP contribution is -2.31. The second-order valence-corrected chi connectivity index (χ2v) is 4.63. The van der Waals surface area contributed by atoms with Crippen molar-refractivity contribution in [2.45, 2.75) is 32.4 Å². The van der Waals surface area contributed by atoms with Crippen molar-refractivity contribution in [1.29, 1.82) is 0 Å². The molecule has 0 saturated carbocycles. The molecule has 4 heteroatoms. The van der Waals surface area contributed by atoms with Gasteiger partial charge in [0.05, 0.1) is 6.04 Å². The molecule has 88 valence electrons. The summed E-state index contributed by atoms with van der Waals surface area (Å²) in [6, 6.07) is 11.2. The first-order valence-corrected chi connectivity index (χ1v) is 5.98. The van der Waals surface area contributed by atoms with Crippen molar-refractivity contribution >= 4 is 5.95 Å². The van der Waals surface area contributed by atoms with E-state index in [2.05, 4.69) is 46.6 Å². The van der Waals surface area contributed by atoms with Crippen molar-refractivity contribution in [2.24, 2.45) is 0 Å². The molecule has 0 radical (unpaired) electrons. The number of hydrogen-bond donors (Lipinski definition) is 1. The van der Waals surface area contributed by atoms with Crippen molar-refractivity contribution < 1.29 is 0 Å². The fraction of sp³-hybridized carbons (Fsp3) is 0.385. The molecule has 1 aromatic carbocycles. The summed E-state index contributed by atoms with van der Waals surface area (Å²) in [5, 5.41) is 7.86. The van der Waals surface area contributed by atoms with Crippen LogP contribution in [0.15, 0.2) is 30.3 Å². The maximum Gasteiger partial charge on any atom is 0.222 e. The first-order chi connectivity index (χ1) is 8.24. The number of anilines is 1. The Labute approximate surface area is 101 Å². The Hall–Kier alpha value is -1.84. The van der Waals surface area contributed by atoms with Crippen LogP contribution >= 0.6 is 0 Å². The smallest absolute Gasteiger partial charge is 0.222 e. The van der Waals surface area contributed by atoms with Gasteiger partial charge in [-0.2, -0.15) is 10.1 Å². The number of hydrogen-bond acceptors (Lipinski definition) is 3. The van der Waals surface area contributed by atoms with Gasteiger partial charge in [0.25, 0.3) is 0 Å². The Bertz CT molecular complexity index is 517. The second-order valence-electron chi connectivity index (χ2n) is 4.63. The number of aryl methyl sites for hydroxylation is 1. The van der Waals surface area contributed by atoms with Gasteiger partial charge in [-0.25, -0.2) is 4.68 Å². The summed E-state index contributed by atoms with van der Waals surface area (Å²) in [4.78, 5) is 4.42.